The summed E-state index contributed by atoms with van der Waals surface area (Å²) in [6.45, 7) is 2.62. The summed E-state index contributed by atoms with van der Waals surface area (Å²) in [5.74, 6) is -0.308. The van der Waals surface area contributed by atoms with Gasteiger partial charge in [-0.1, -0.05) is 67.6 Å². The van der Waals surface area contributed by atoms with Crippen LogP contribution in [0.1, 0.15) is 24.5 Å². The molecule has 3 nitrogen and oxygen atoms in total. The zero-order valence-electron chi connectivity index (χ0n) is 12.2. The molecule has 0 radical (unpaired) electrons. The van der Waals surface area contributed by atoms with Crippen molar-refractivity contribution in [3.05, 3.63) is 71.8 Å². The molecule has 1 atom stereocenters. The smallest absolute Gasteiger partial charge is 0.335 e. The molecule has 0 spiro atoms. The highest BCUT2D eigenvalue weighted by Gasteiger charge is 2.18. The molecule has 0 aliphatic carbocycles. The molecule has 0 N–H and O–H groups in total. The maximum atomic E-state index is 12.0. The molecule has 0 fully saturated rings. The zero-order chi connectivity index (χ0) is 14.9. The SMILES string of the molecule is CCC(OCc1ccccc1)C(=O)OCc1ccccc1. The number of esters is 1. The molecule has 2 aromatic carbocycles. The number of rotatable bonds is 7. The summed E-state index contributed by atoms with van der Waals surface area (Å²) in [6, 6.07) is 19.4. The van der Waals surface area contributed by atoms with E-state index in [1.165, 1.54) is 0 Å². The molecule has 2 rings (SSSR count). The van der Waals surface area contributed by atoms with E-state index in [0.29, 0.717) is 13.0 Å². The van der Waals surface area contributed by atoms with Crippen molar-refractivity contribution >= 4 is 5.97 Å². The Kier molecular flexibility index (Phi) is 5.98. The van der Waals surface area contributed by atoms with E-state index in [9.17, 15) is 4.79 Å². The lowest BCUT2D eigenvalue weighted by Crippen LogP contribution is -2.25. The van der Waals surface area contributed by atoms with Gasteiger partial charge in [0.15, 0.2) is 6.10 Å². The van der Waals surface area contributed by atoms with Crippen molar-refractivity contribution < 1.29 is 14.3 Å². The highest BCUT2D eigenvalue weighted by molar-refractivity contribution is 5.74. The lowest BCUT2D eigenvalue weighted by molar-refractivity contribution is -0.159. The van der Waals surface area contributed by atoms with Gasteiger partial charge in [0.25, 0.3) is 0 Å². The molecule has 0 aliphatic rings. The molecule has 110 valence electrons. The minimum absolute atomic E-state index is 0.283. The van der Waals surface area contributed by atoms with Gasteiger partial charge in [0.2, 0.25) is 0 Å². The van der Waals surface area contributed by atoms with Crippen LogP contribution in [0.3, 0.4) is 0 Å². The summed E-state index contributed by atoms with van der Waals surface area (Å²) >= 11 is 0. The Morgan fingerprint density at radius 2 is 1.43 bits per heavy atom. The topological polar surface area (TPSA) is 35.5 Å². The summed E-state index contributed by atoms with van der Waals surface area (Å²) in [4.78, 5) is 12.0. The van der Waals surface area contributed by atoms with Crippen LogP contribution in [0.5, 0.6) is 0 Å². The Morgan fingerprint density at radius 3 is 1.95 bits per heavy atom. The number of hydrogen-bond donors (Lipinski definition) is 0. The van der Waals surface area contributed by atoms with Gasteiger partial charge in [-0.15, -0.1) is 0 Å². The van der Waals surface area contributed by atoms with Gasteiger partial charge in [-0.2, -0.15) is 0 Å². The van der Waals surface area contributed by atoms with E-state index in [4.69, 9.17) is 9.47 Å². The fourth-order valence-corrected chi connectivity index (χ4v) is 1.95. The van der Waals surface area contributed by atoms with E-state index >= 15 is 0 Å². The highest BCUT2D eigenvalue weighted by atomic mass is 16.6. The first-order valence-corrected chi connectivity index (χ1v) is 7.15. The monoisotopic (exact) mass is 284 g/mol. The third-order valence-corrected chi connectivity index (χ3v) is 3.15. The van der Waals surface area contributed by atoms with Crippen LogP contribution in [0.25, 0.3) is 0 Å². The van der Waals surface area contributed by atoms with Gasteiger partial charge in [-0.05, 0) is 17.5 Å². The van der Waals surface area contributed by atoms with Crippen LogP contribution in [0.2, 0.25) is 0 Å². The normalized spacial score (nSPS) is 11.9. The van der Waals surface area contributed by atoms with Crippen molar-refractivity contribution in [2.45, 2.75) is 32.7 Å². The van der Waals surface area contributed by atoms with Crippen molar-refractivity contribution in [3.63, 3.8) is 0 Å². The molecular weight excluding hydrogens is 264 g/mol. The maximum absolute atomic E-state index is 12.0. The van der Waals surface area contributed by atoms with E-state index in [1.807, 2.05) is 67.6 Å². The summed E-state index contributed by atoms with van der Waals surface area (Å²) in [7, 11) is 0. The Labute approximate surface area is 125 Å². The van der Waals surface area contributed by atoms with Crippen molar-refractivity contribution in [1.82, 2.24) is 0 Å². The molecular formula is C18H20O3. The number of benzene rings is 2. The van der Waals surface area contributed by atoms with Crippen LogP contribution in [-0.4, -0.2) is 12.1 Å². The summed E-state index contributed by atoms with van der Waals surface area (Å²) in [5, 5.41) is 0. The van der Waals surface area contributed by atoms with E-state index < -0.39 is 6.10 Å². The molecule has 0 heterocycles. The number of carbonyl (C=O) groups is 1. The van der Waals surface area contributed by atoms with Gasteiger partial charge in [0, 0.05) is 0 Å². The van der Waals surface area contributed by atoms with Crippen LogP contribution >= 0.6 is 0 Å². The molecule has 21 heavy (non-hydrogen) atoms. The highest BCUT2D eigenvalue weighted by Crippen LogP contribution is 2.09. The quantitative estimate of drug-likeness (QED) is 0.727. The predicted molar refractivity (Wildman–Crippen MR) is 81.5 cm³/mol. The molecule has 0 saturated carbocycles. The first-order valence-electron chi connectivity index (χ1n) is 7.15. The summed E-state index contributed by atoms with van der Waals surface area (Å²) in [6.07, 6.45) is 0.0782. The second-order valence-corrected chi connectivity index (χ2v) is 4.79. The molecule has 0 amide bonds. The summed E-state index contributed by atoms with van der Waals surface area (Å²) < 4.78 is 11.0. The standard InChI is InChI=1S/C18H20O3/c1-2-17(20-13-15-9-5-3-6-10-15)18(19)21-14-16-11-7-4-8-12-16/h3-12,17H,2,13-14H2,1H3. The summed E-state index contributed by atoms with van der Waals surface area (Å²) in [5.41, 5.74) is 2.02. The van der Waals surface area contributed by atoms with E-state index in [2.05, 4.69) is 0 Å². The minimum atomic E-state index is -0.520. The van der Waals surface area contributed by atoms with Crippen molar-refractivity contribution in [3.8, 4) is 0 Å². The number of carbonyl (C=O) groups excluding carboxylic acids is 1. The van der Waals surface area contributed by atoms with Crippen molar-refractivity contribution in [2.75, 3.05) is 0 Å². The fraction of sp³-hybridized carbons (Fsp3) is 0.278. The van der Waals surface area contributed by atoms with Gasteiger partial charge in [-0.3, -0.25) is 0 Å². The average Bonchev–Trinajstić information content (AvgIpc) is 2.55. The first kappa shape index (κ1) is 15.3. The lowest BCUT2D eigenvalue weighted by Gasteiger charge is -2.15. The molecule has 0 saturated heterocycles. The van der Waals surface area contributed by atoms with Gasteiger partial charge in [0.1, 0.15) is 6.61 Å². The van der Waals surface area contributed by atoms with Crippen molar-refractivity contribution in [2.24, 2.45) is 0 Å². The number of hydrogen-bond acceptors (Lipinski definition) is 3. The second kappa shape index (κ2) is 8.22. The second-order valence-electron chi connectivity index (χ2n) is 4.79. The number of ether oxygens (including phenoxy) is 2. The van der Waals surface area contributed by atoms with Gasteiger partial charge < -0.3 is 9.47 Å². The lowest BCUT2D eigenvalue weighted by atomic mass is 10.2. The largest absolute Gasteiger partial charge is 0.459 e. The third kappa shape index (κ3) is 5.04. The van der Waals surface area contributed by atoms with Crippen molar-refractivity contribution in [1.29, 1.82) is 0 Å². The predicted octanol–water partition coefficient (Wildman–Crippen LogP) is 3.73. The average molecular weight is 284 g/mol. The minimum Gasteiger partial charge on any atom is -0.459 e. The Bertz CT molecular complexity index is 537. The Morgan fingerprint density at radius 1 is 0.905 bits per heavy atom. The van der Waals surface area contributed by atoms with Gasteiger partial charge >= 0.3 is 5.97 Å². The Balaban J connectivity index is 1.81. The molecule has 0 bridgehead atoms. The van der Waals surface area contributed by atoms with E-state index in [1.54, 1.807) is 0 Å². The van der Waals surface area contributed by atoms with Crippen LogP contribution in [0.15, 0.2) is 60.7 Å². The molecule has 3 heteroatoms. The first-order chi connectivity index (χ1) is 10.3. The molecule has 0 aliphatic heterocycles. The third-order valence-electron chi connectivity index (χ3n) is 3.15. The van der Waals surface area contributed by atoms with Gasteiger partial charge in [-0.25, -0.2) is 4.79 Å². The van der Waals surface area contributed by atoms with Gasteiger partial charge in [0.05, 0.1) is 6.61 Å². The van der Waals surface area contributed by atoms with Crippen LogP contribution in [0.4, 0.5) is 0 Å². The molecule has 1 unspecified atom stereocenters. The zero-order valence-corrected chi connectivity index (χ0v) is 12.2. The molecule has 2 aromatic rings. The van der Waals surface area contributed by atoms with E-state index in [0.717, 1.165) is 11.1 Å². The maximum Gasteiger partial charge on any atom is 0.335 e. The fourth-order valence-electron chi connectivity index (χ4n) is 1.95. The molecule has 0 aromatic heterocycles. The van der Waals surface area contributed by atoms with Crippen LogP contribution in [-0.2, 0) is 27.5 Å². The van der Waals surface area contributed by atoms with Crippen LogP contribution < -0.4 is 0 Å². The van der Waals surface area contributed by atoms with E-state index in [-0.39, 0.29) is 12.6 Å². The van der Waals surface area contributed by atoms with Crippen LogP contribution in [0, 0.1) is 0 Å². The Hall–Kier alpha value is -2.13.